The van der Waals surface area contributed by atoms with Crippen LogP contribution in [0.3, 0.4) is 0 Å². The quantitative estimate of drug-likeness (QED) is 0.607. The highest BCUT2D eigenvalue weighted by atomic mass is 35.5. The summed E-state index contributed by atoms with van der Waals surface area (Å²) in [5.41, 5.74) is 1.60. The third-order valence-corrected chi connectivity index (χ3v) is 4.38. The van der Waals surface area contributed by atoms with Crippen molar-refractivity contribution in [3.8, 4) is 5.75 Å². The zero-order valence-electron chi connectivity index (χ0n) is 13.2. The fourth-order valence-corrected chi connectivity index (χ4v) is 3.14. The number of amidine groups is 1. The molecule has 1 amide bonds. The SMILES string of the molecule is C=CCOc1ccc(C=C2SC(=Nc3cccc(Cl)c3)NC2=O)cc1. The van der Waals surface area contributed by atoms with Crippen LogP contribution in [0, 0.1) is 0 Å². The maximum atomic E-state index is 12.1. The third kappa shape index (κ3) is 4.75. The molecule has 0 atom stereocenters. The fraction of sp³-hybridized carbons (Fsp3) is 0.0526. The number of nitrogens with zero attached hydrogens (tertiary/aromatic N) is 1. The van der Waals surface area contributed by atoms with Gasteiger partial charge in [0.05, 0.1) is 10.6 Å². The Morgan fingerprint density at radius 1 is 1.24 bits per heavy atom. The number of ether oxygens (including phenoxy) is 1. The minimum Gasteiger partial charge on any atom is -0.490 e. The predicted octanol–water partition coefficient (Wildman–Crippen LogP) is 4.80. The van der Waals surface area contributed by atoms with Crippen LogP contribution < -0.4 is 10.1 Å². The lowest BCUT2D eigenvalue weighted by Gasteiger charge is -2.03. The van der Waals surface area contributed by atoms with Crippen molar-refractivity contribution in [1.82, 2.24) is 5.32 Å². The molecule has 0 saturated carbocycles. The van der Waals surface area contributed by atoms with Gasteiger partial charge in [0.25, 0.3) is 5.91 Å². The lowest BCUT2D eigenvalue weighted by atomic mass is 10.2. The Balaban J connectivity index is 1.73. The van der Waals surface area contributed by atoms with E-state index in [1.807, 2.05) is 42.5 Å². The largest absolute Gasteiger partial charge is 0.490 e. The molecule has 0 aliphatic carbocycles. The molecular formula is C19H15ClN2O2S. The Bertz CT molecular complexity index is 860. The van der Waals surface area contributed by atoms with Gasteiger partial charge in [-0.15, -0.1) is 0 Å². The number of thioether (sulfide) groups is 1. The molecule has 1 N–H and O–H groups in total. The van der Waals surface area contributed by atoms with Crippen molar-refractivity contribution >= 4 is 46.2 Å². The molecule has 126 valence electrons. The van der Waals surface area contributed by atoms with Crippen molar-refractivity contribution in [3.05, 3.63) is 76.7 Å². The van der Waals surface area contributed by atoms with Crippen LogP contribution in [-0.2, 0) is 4.79 Å². The van der Waals surface area contributed by atoms with E-state index in [1.165, 1.54) is 11.8 Å². The number of carbonyl (C=O) groups is 1. The van der Waals surface area contributed by atoms with Crippen LogP contribution in [0.15, 0.2) is 71.1 Å². The molecule has 0 bridgehead atoms. The third-order valence-electron chi connectivity index (χ3n) is 3.24. The standard InChI is InChI=1S/C19H15ClN2O2S/c1-2-10-24-16-8-6-13(7-9-16)11-17-18(23)22-19(25-17)21-15-5-3-4-14(20)12-15/h2-9,11-12H,1,10H2,(H,21,22,23). The van der Waals surface area contributed by atoms with E-state index in [2.05, 4.69) is 16.9 Å². The Labute approximate surface area is 155 Å². The van der Waals surface area contributed by atoms with Gasteiger partial charge in [-0.1, -0.05) is 42.5 Å². The van der Waals surface area contributed by atoms with Crippen molar-refractivity contribution in [2.24, 2.45) is 4.99 Å². The highest BCUT2D eigenvalue weighted by Gasteiger charge is 2.23. The molecule has 1 aliphatic heterocycles. The summed E-state index contributed by atoms with van der Waals surface area (Å²) < 4.78 is 5.44. The molecule has 1 aliphatic rings. The zero-order chi connectivity index (χ0) is 17.6. The number of nitrogens with one attached hydrogen (secondary N) is 1. The molecule has 3 rings (SSSR count). The smallest absolute Gasteiger partial charge is 0.264 e. The van der Waals surface area contributed by atoms with Crippen molar-refractivity contribution in [2.45, 2.75) is 0 Å². The Hall–Kier alpha value is -2.50. The van der Waals surface area contributed by atoms with Crippen LogP contribution in [0.2, 0.25) is 5.02 Å². The Morgan fingerprint density at radius 3 is 2.76 bits per heavy atom. The molecule has 0 unspecified atom stereocenters. The highest BCUT2D eigenvalue weighted by Crippen LogP contribution is 2.29. The summed E-state index contributed by atoms with van der Waals surface area (Å²) >= 11 is 7.24. The average molecular weight is 371 g/mol. The van der Waals surface area contributed by atoms with Crippen molar-refractivity contribution in [2.75, 3.05) is 6.61 Å². The van der Waals surface area contributed by atoms with E-state index in [1.54, 1.807) is 18.2 Å². The minimum atomic E-state index is -0.169. The number of rotatable bonds is 5. The summed E-state index contributed by atoms with van der Waals surface area (Å²) in [7, 11) is 0. The van der Waals surface area contributed by atoms with Gasteiger partial charge >= 0.3 is 0 Å². The van der Waals surface area contributed by atoms with E-state index in [9.17, 15) is 4.79 Å². The summed E-state index contributed by atoms with van der Waals surface area (Å²) in [5, 5.41) is 3.89. The zero-order valence-corrected chi connectivity index (χ0v) is 14.8. The molecule has 2 aromatic carbocycles. The van der Waals surface area contributed by atoms with Crippen LogP contribution in [0.25, 0.3) is 6.08 Å². The van der Waals surface area contributed by atoms with Gasteiger partial charge < -0.3 is 10.1 Å². The number of hydrogen-bond acceptors (Lipinski definition) is 4. The van der Waals surface area contributed by atoms with Crippen LogP contribution in [0.1, 0.15) is 5.56 Å². The van der Waals surface area contributed by atoms with Gasteiger partial charge in [0.1, 0.15) is 12.4 Å². The first-order chi connectivity index (χ1) is 12.1. The molecule has 1 heterocycles. The van der Waals surface area contributed by atoms with Crippen molar-refractivity contribution < 1.29 is 9.53 Å². The van der Waals surface area contributed by atoms with Crippen LogP contribution >= 0.6 is 23.4 Å². The van der Waals surface area contributed by atoms with Crippen molar-refractivity contribution in [1.29, 1.82) is 0 Å². The van der Waals surface area contributed by atoms with Crippen LogP contribution in [0.4, 0.5) is 5.69 Å². The molecule has 6 heteroatoms. The summed E-state index contributed by atoms with van der Waals surface area (Å²) in [6.07, 6.45) is 3.51. The van der Waals surface area contributed by atoms with Gasteiger partial charge in [0, 0.05) is 5.02 Å². The molecule has 2 aromatic rings. The maximum Gasteiger partial charge on any atom is 0.264 e. The monoisotopic (exact) mass is 370 g/mol. The molecule has 0 radical (unpaired) electrons. The van der Waals surface area contributed by atoms with E-state index in [-0.39, 0.29) is 5.91 Å². The molecule has 25 heavy (non-hydrogen) atoms. The number of hydrogen-bond donors (Lipinski definition) is 1. The molecular weight excluding hydrogens is 356 g/mol. The van der Waals surface area contributed by atoms with Gasteiger partial charge in [0.15, 0.2) is 5.17 Å². The van der Waals surface area contributed by atoms with Gasteiger partial charge in [-0.2, -0.15) is 0 Å². The van der Waals surface area contributed by atoms with Gasteiger partial charge in [-0.25, -0.2) is 4.99 Å². The van der Waals surface area contributed by atoms with Crippen LogP contribution in [-0.4, -0.2) is 17.7 Å². The first-order valence-corrected chi connectivity index (χ1v) is 8.72. The van der Waals surface area contributed by atoms with Crippen LogP contribution in [0.5, 0.6) is 5.75 Å². The fourth-order valence-electron chi connectivity index (χ4n) is 2.11. The van der Waals surface area contributed by atoms with Gasteiger partial charge in [-0.05, 0) is 53.7 Å². The molecule has 0 spiro atoms. The van der Waals surface area contributed by atoms with Crippen molar-refractivity contribution in [3.63, 3.8) is 0 Å². The minimum absolute atomic E-state index is 0.169. The van der Waals surface area contributed by atoms with Gasteiger partial charge in [0.2, 0.25) is 0 Å². The Kier molecular flexibility index (Phi) is 5.58. The second-order valence-electron chi connectivity index (χ2n) is 5.13. The van der Waals surface area contributed by atoms with E-state index in [0.29, 0.717) is 27.4 Å². The maximum absolute atomic E-state index is 12.1. The number of amides is 1. The number of halogens is 1. The second-order valence-corrected chi connectivity index (χ2v) is 6.60. The normalized spacial score (nSPS) is 16.9. The first-order valence-electron chi connectivity index (χ1n) is 7.53. The van der Waals surface area contributed by atoms with E-state index < -0.39 is 0 Å². The number of aliphatic imine (C=N–C) groups is 1. The summed E-state index contributed by atoms with van der Waals surface area (Å²) in [5.74, 6) is 0.589. The average Bonchev–Trinajstić information content (AvgIpc) is 2.93. The lowest BCUT2D eigenvalue weighted by Crippen LogP contribution is -2.19. The van der Waals surface area contributed by atoms with E-state index >= 15 is 0 Å². The second kappa shape index (κ2) is 8.05. The predicted molar refractivity (Wildman–Crippen MR) is 104 cm³/mol. The van der Waals surface area contributed by atoms with E-state index in [4.69, 9.17) is 16.3 Å². The number of carbonyl (C=O) groups excluding carboxylic acids is 1. The summed E-state index contributed by atoms with van der Waals surface area (Å²) in [6.45, 7) is 4.07. The number of benzene rings is 2. The molecule has 1 fully saturated rings. The lowest BCUT2D eigenvalue weighted by molar-refractivity contribution is -0.115. The Morgan fingerprint density at radius 2 is 2.04 bits per heavy atom. The molecule has 1 saturated heterocycles. The highest BCUT2D eigenvalue weighted by molar-refractivity contribution is 8.18. The van der Waals surface area contributed by atoms with E-state index in [0.717, 1.165) is 11.3 Å². The summed E-state index contributed by atoms with van der Waals surface area (Å²) in [6, 6.07) is 14.7. The summed E-state index contributed by atoms with van der Waals surface area (Å²) in [4.78, 5) is 17.1. The topological polar surface area (TPSA) is 50.7 Å². The molecule has 0 aromatic heterocycles. The first kappa shape index (κ1) is 17.3. The molecule has 4 nitrogen and oxygen atoms in total. The van der Waals surface area contributed by atoms with Gasteiger partial charge in [-0.3, -0.25) is 4.79 Å².